The molecule has 0 aromatic heterocycles. The van der Waals surface area contributed by atoms with Crippen LogP contribution in [0.25, 0.3) is 0 Å². The summed E-state index contributed by atoms with van der Waals surface area (Å²) in [6.45, 7) is 0.552. The maximum absolute atomic E-state index is 12.3. The molecule has 4 N–H and O–H groups in total. The molecule has 1 fully saturated rings. The van der Waals surface area contributed by atoms with E-state index in [0.717, 1.165) is 12.8 Å². The number of phenolic OH excluding ortho intramolecular Hbond substituents is 2. The van der Waals surface area contributed by atoms with E-state index < -0.39 is 0 Å². The lowest BCUT2D eigenvalue weighted by Crippen LogP contribution is -2.42. The molecule has 1 aliphatic heterocycles. The summed E-state index contributed by atoms with van der Waals surface area (Å²) in [6, 6.07) is 3.58. The van der Waals surface area contributed by atoms with Gasteiger partial charge in [-0.3, -0.25) is 4.79 Å². The average molecular weight is 266 g/mol. The molecule has 1 amide bonds. The summed E-state index contributed by atoms with van der Waals surface area (Å²) < 4.78 is 0. The van der Waals surface area contributed by atoms with Crippen LogP contribution in [0.4, 0.5) is 0 Å². The Morgan fingerprint density at radius 3 is 2.83 bits per heavy atom. The van der Waals surface area contributed by atoms with Crippen LogP contribution in [0, 0.1) is 0 Å². The Hall–Kier alpha value is -1.82. The molecule has 1 aliphatic rings. The molecule has 6 heteroatoms. The van der Waals surface area contributed by atoms with Crippen LogP contribution >= 0.6 is 12.2 Å². The number of carbonyl (C=O) groups is 1. The third-order valence-corrected chi connectivity index (χ3v) is 3.32. The van der Waals surface area contributed by atoms with E-state index in [1.165, 1.54) is 23.1 Å². The van der Waals surface area contributed by atoms with Crippen LogP contribution in [0.2, 0.25) is 0 Å². The third-order valence-electron chi connectivity index (χ3n) is 3.05. The first-order valence-corrected chi connectivity index (χ1v) is 6.04. The standard InChI is InChI=1S/C12H14N2O3S/c13-11(18)9-2-1-5-14(9)12(17)8-6-7(15)3-4-10(8)16/h3-4,6,9,15-16H,1-2,5H2,(H2,13,18). The SMILES string of the molecule is NC(=S)C1CCCN1C(=O)c1cc(O)ccc1O. The summed E-state index contributed by atoms with van der Waals surface area (Å²) in [4.78, 5) is 14.1. The number of thiocarbonyl (C=S) groups is 1. The van der Waals surface area contributed by atoms with Crippen LogP contribution in [0.15, 0.2) is 18.2 Å². The second kappa shape index (κ2) is 4.81. The molecule has 0 bridgehead atoms. The Morgan fingerprint density at radius 2 is 2.17 bits per heavy atom. The fraction of sp³-hybridized carbons (Fsp3) is 0.333. The minimum Gasteiger partial charge on any atom is -0.508 e. The number of nitrogens with two attached hydrogens (primary N) is 1. The first kappa shape index (κ1) is 12.6. The summed E-state index contributed by atoms with van der Waals surface area (Å²) in [5, 5.41) is 19.0. The minimum atomic E-state index is -0.362. The number of nitrogens with zero attached hydrogens (tertiary/aromatic N) is 1. The quantitative estimate of drug-likeness (QED) is 0.549. The Labute approximate surface area is 110 Å². The average Bonchev–Trinajstić information content (AvgIpc) is 2.80. The molecule has 1 saturated heterocycles. The molecule has 1 atom stereocenters. The second-order valence-electron chi connectivity index (χ2n) is 4.26. The predicted molar refractivity (Wildman–Crippen MR) is 70.6 cm³/mol. The van der Waals surface area contributed by atoms with Crippen LogP contribution < -0.4 is 5.73 Å². The van der Waals surface area contributed by atoms with Gasteiger partial charge in [-0.1, -0.05) is 12.2 Å². The molecule has 1 heterocycles. The zero-order valence-corrected chi connectivity index (χ0v) is 10.5. The number of likely N-dealkylation sites (tertiary alicyclic amines) is 1. The molecule has 5 nitrogen and oxygen atoms in total. The Balaban J connectivity index is 2.31. The summed E-state index contributed by atoms with van der Waals surface area (Å²) in [5.41, 5.74) is 5.67. The van der Waals surface area contributed by atoms with Gasteiger partial charge in [-0.05, 0) is 31.0 Å². The van der Waals surface area contributed by atoms with Gasteiger partial charge in [0.25, 0.3) is 5.91 Å². The number of amides is 1. The van der Waals surface area contributed by atoms with E-state index in [2.05, 4.69) is 0 Å². The van der Waals surface area contributed by atoms with Crippen molar-refractivity contribution < 1.29 is 15.0 Å². The van der Waals surface area contributed by atoms with E-state index in [4.69, 9.17) is 18.0 Å². The maximum Gasteiger partial charge on any atom is 0.258 e. The van der Waals surface area contributed by atoms with Crippen molar-refractivity contribution in [3.8, 4) is 11.5 Å². The fourth-order valence-electron chi connectivity index (χ4n) is 2.16. The molecule has 1 unspecified atom stereocenters. The molecule has 0 spiro atoms. The maximum atomic E-state index is 12.3. The van der Waals surface area contributed by atoms with E-state index in [1.54, 1.807) is 0 Å². The number of hydrogen-bond acceptors (Lipinski definition) is 4. The van der Waals surface area contributed by atoms with Gasteiger partial charge < -0.3 is 20.8 Å². The van der Waals surface area contributed by atoms with Gasteiger partial charge in [0.2, 0.25) is 0 Å². The van der Waals surface area contributed by atoms with Crippen molar-refractivity contribution in [2.24, 2.45) is 5.73 Å². The van der Waals surface area contributed by atoms with Crippen LogP contribution in [-0.4, -0.2) is 38.6 Å². The lowest BCUT2D eigenvalue weighted by molar-refractivity contribution is 0.0767. The Morgan fingerprint density at radius 1 is 1.44 bits per heavy atom. The number of phenols is 2. The largest absolute Gasteiger partial charge is 0.508 e. The normalized spacial score (nSPS) is 18.9. The zero-order valence-electron chi connectivity index (χ0n) is 9.67. The van der Waals surface area contributed by atoms with Gasteiger partial charge >= 0.3 is 0 Å². The highest BCUT2D eigenvalue weighted by molar-refractivity contribution is 7.80. The molecular weight excluding hydrogens is 252 g/mol. The second-order valence-corrected chi connectivity index (χ2v) is 4.73. The van der Waals surface area contributed by atoms with Gasteiger partial charge in [0.1, 0.15) is 11.5 Å². The summed E-state index contributed by atoms with van der Waals surface area (Å²) in [6.07, 6.45) is 1.56. The number of carbonyl (C=O) groups excluding carboxylic acids is 1. The molecular formula is C12H14N2O3S. The minimum absolute atomic E-state index is 0.0674. The van der Waals surface area contributed by atoms with Gasteiger partial charge in [-0.15, -0.1) is 0 Å². The van der Waals surface area contributed by atoms with Crippen molar-refractivity contribution in [1.29, 1.82) is 0 Å². The summed E-state index contributed by atoms with van der Waals surface area (Å²) in [7, 11) is 0. The van der Waals surface area contributed by atoms with E-state index in [0.29, 0.717) is 6.54 Å². The molecule has 18 heavy (non-hydrogen) atoms. The Kier molecular flexibility index (Phi) is 3.38. The van der Waals surface area contributed by atoms with Gasteiger partial charge in [0.15, 0.2) is 0 Å². The number of rotatable bonds is 2. The molecule has 0 aliphatic carbocycles. The first-order valence-electron chi connectivity index (χ1n) is 5.63. The fourth-order valence-corrected chi connectivity index (χ4v) is 2.40. The van der Waals surface area contributed by atoms with Crippen LogP contribution in [0.5, 0.6) is 11.5 Å². The lowest BCUT2D eigenvalue weighted by atomic mass is 10.1. The summed E-state index contributed by atoms with van der Waals surface area (Å²) >= 11 is 4.93. The van der Waals surface area contributed by atoms with E-state index in [1.807, 2.05) is 0 Å². The van der Waals surface area contributed by atoms with Gasteiger partial charge in [-0.2, -0.15) is 0 Å². The number of aromatic hydroxyl groups is 2. The molecule has 2 rings (SSSR count). The zero-order chi connectivity index (χ0) is 13.3. The van der Waals surface area contributed by atoms with Gasteiger partial charge in [0.05, 0.1) is 16.6 Å². The van der Waals surface area contributed by atoms with Crippen molar-refractivity contribution in [1.82, 2.24) is 4.90 Å². The predicted octanol–water partition coefficient (Wildman–Crippen LogP) is 0.988. The number of hydrogen-bond donors (Lipinski definition) is 3. The van der Waals surface area contributed by atoms with Crippen molar-refractivity contribution in [3.05, 3.63) is 23.8 Å². The molecule has 0 radical (unpaired) electrons. The smallest absolute Gasteiger partial charge is 0.258 e. The topological polar surface area (TPSA) is 86.8 Å². The molecule has 96 valence electrons. The van der Waals surface area contributed by atoms with E-state index in [-0.39, 0.29) is 34.0 Å². The highest BCUT2D eigenvalue weighted by Crippen LogP contribution is 2.27. The third kappa shape index (κ3) is 2.24. The van der Waals surface area contributed by atoms with E-state index >= 15 is 0 Å². The highest BCUT2D eigenvalue weighted by Gasteiger charge is 2.32. The number of benzene rings is 1. The van der Waals surface area contributed by atoms with E-state index in [9.17, 15) is 15.0 Å². The first-order chi connectivity index (χ1) is 8.50. The molecule has 0 saturated carbocycles. The van der Waals surface area contributed by atoms with Crippen molar-refractivity contribution in [2.75, 3.05) is 6.54 Å². The van der Waals surface area contributed by atoms with Crippen molar-refractivity contribution in [3.63, 3.8) is 0 Å². The Bertz CT molecular complexity index is 504. The van der Waals surface area contributed by atoms with Crippen LogP contribution in [-0.2, 0) is 0 Å². The summed E-state index contributed by atoms with van der Waals surface area (Å²) in [5.74, 6) is -0.590. The monoisotopic (exact) mass is 266 g/mol. The van der Waals surface area contributed by atoms with Crippen molar-refractivity contribution >= 4 is 23.1 Å². The molecule has 1 aromatic rings. The van der Waals surface area contributed by atoms with Crippen molar-refractivity contribution in [2.45, 2.75) is 18.9 Å². The lowest BCUT2D eigenvalue weighted by Gasteiger charge is -2.24. The van der Waals surface area contributed by atoms with Crippen LogP contribution in [0.3, 0.4) is 0 Å². The van der Waals surface area contributed by atoms with Gasteiger partial charge in [-0.25, -0.2) is 0 Å². The van der Waals surface area contributed by atoms with Crippen LogP contribution in [0.1, 0.15) is 23.2 Å². The van der Waals surface area contributed by atoms with Gasteiger partial charge in [0, 0.05) is 6.54 Å². The highest BCUT2D eigenvalue weighted by atomic mass is 32.1. The molecule has 1 aromatic carbocycles.